The summed E-state index contributed by atoms with van der Waals surface area (Å²) in [6, 6.07) is 31.5. The van der Waals surface area contributed by atoms with Crippen molar-refractivity contribution in [2.75, 3.05) is 9.80 Å². The highest BCUT2D eigenvalue weighted by Crippen LogP contribution is 2.64. The van der Waals surface area contributed by atoms with Gasteiger partial charge in [0, 0.05) is 36.2 Å². The van der Waals surface area contributed by atoms with Crippen LogP contribution < -0.4 is 9.80 Å². The molecule has 7 rings (SSSR count). The van der Waals surface area contributed by atoms with Gasteiger partial charge in [-0.2, -0.15) is 0 Å². The molecular formula is C40H45N2S2. The predicted octanol–water partition coefficient (Wildman–Crippen LogP) is 12.7. The number of rotatable bonds is 6. The molecule has 2 nitrogen and oxygen atoms in total. The van der Waals surface area contributed by atoms with Crippen LogP contribution >= 0.6 is 23.5 Å². The summed E-state index contributed by atoms with van der Waals surface area (Å²) < 4.78 is 0. The first-order chi connectivity index (χ1) is 21.1. The minimum absolute atomic E-state index is 0.0192. The van der Waals surface area contributed by atoms with Gasteiger partial charge in [-0.05, 0) is 98.0 Å². The number of anilines is 4. The van der Waals surface area contributed by atoms with Crippen molar-refractivity contribution in [3.05, 3.63) is 102 Å². The molecule has 44 heavy (non-hydrogen) atoms. The summed E-state index contributed by atoms with van der Waals surface area (Å²) in [6.07, 6.45) is 3.41. The van der Waals surface area contributed by atoms with Crippen LogP contribution in [0.4, 0.5) is 22.7 Å². The zero-order valence-electron chi connectivity index (χ0n) is 27.5. The molecule has 4 aromatic carbocycles. The van der Waals surface area contributed by atoms with E-state index in [2.05, 4.69) is 144 Å². The highest BCUT2D eigenvalue weighted by Gasteiger charge is 2.56. The molecule has 0 bridgehead atoms. The average Bonchev–Trinajstić information content (AvgIpc) is 3.26. The zero-order valence-corrected chi connectivity index (χ0v) is 29.1. The van der Waals surface area contributed by atoms with Crippen LogP contribution in [0.1, 0.15) is 103 Å². The van der Waals surface area contributed by atoms with E-state index in [0.717, 1.165) is 19.3 Å². The highest BCUT2D eigenvalue weighted by molar-refractivity contribution is 8.00. The third-order valence-corrected chi connectivity index (χ3v) is 12.4. The Morgan fingerprint density at radius 2 is 1.16 bits per heavy atom. The van der Waals surface area contributed by atoms with Gasteiger partial charge in [-0.3, -0.25) is 0 Å². The molecule has 4 heteroatoms. The minimum atomic E-state index is -0.0192. The van der Waals surface area contributed by atoms with Crippen LogP contribution in [0.15, 0.2) is 98.4 Å². The first-order valence-electron chi connectivity index (χ1n) is 16.4. The van der Waals surface area contributed by atoms with Crippen LogP contribution in [-0.4, -0.2) is 5.54 Å². The molecule has 1 radical (unpaired) electrons. The molecule has 1 saturated heterocycles. The molecule has 3 aliphatic heterocycles. The van der Waals surface area contributed by atoms with Gasteiger partial charge in [-0.15, -0.1) is 0 Å². The third kappa shape index (κ3) is 4.46. The normalized spacial score (nSPS) is 18.0. The van der Waals surface area contributed by atoms with Gasteiger partial charge in [-0.1, -0.05) is 108 Å². The molecular weight excluding hydrogens is 573 g/mol. The van der Waals surface area contributed by atoms with Crippen LogP contribution in [0.5, 0.6) is 0 Å². The number of hydrogen-bond donors (Lipinski definition) is 0. The van der Waals surface area contributed by atoms with Gasteiger partial charge in [0.1, 0.15) is 0 Å². The van der Waals surface area contributed by atoms with Crippen LogP contribution in [0.2, 0.25) is 0 Å². The molecule has 4 aromatic rings. The van der Waals surface area contributed by atoms with Gasteiger partial charge in [0.2, 0.25) is 0 Å². The Balaban J connectivity index is 1.49. The molecule has 0 aromatic heterocycles. The quantitative estimate of drug-likeness (QED) is 0.183. The van der Waals surface area contributed by atoms with Crippen LogP contribution in [0.25, 0.3) is 0 Å². The first-order valence-corrected chi connectivity index (χ1v) is 18.1. The summed E-state index contributed by atoms with van der Waals surface area (Å²) in [5.41, 5.74) is 9.74. The maximum absolute atomic E-state index is 2.82. The molecule has 0 atom stereocenters. The molecule has 0 spiro atoms. The molecule has 0 N–H and O–H groups in total. The summed E-state index contributed by atoms with van der Waals surface area (Å²) in [5.74, 6) is 0.882. The second kappa shape index (κ2) is 10.9. The lowest BCUT2D eigenvalue weighted by molar-refractivity contribution is 0.284. The lowest BCUT2D eigenvalue weighted by Crippen LogP contribution is -2.42. The lowest BCUT2D eigenvalue weighted by atomic mass is 9.71. The molecule has 0 amide bonds. The molecule has 0 unspecified atom stereocenters. The maximum atomic E-state index is 2.82. The maximum Gasteiger partial charge on any atom is 0.0995 e. The number of para-hydroxylation sites is 3. The summed E-state index contributed by atoms with van der Waals surface area (Å²) in [5, 5.41) is 0. The second-order valence-corrected chi connectivity index (χ2v) is 16.2. The second-order valence-electron chi connectivity index (χ2n) is 14.1. The van der Waals surface area contributed by atoms with Crippen LogP contribution in [0, 0.1) is 11.5 Å². The van der Waals surface area contributed by atoms with Gasteiger partial charge < -0.3 is 9.80 Å². The van der Waals surface area contributed by atoms with Crippen molar-refractivity contribution in [3.63, 3.8) is 0 Å². The predicted molar refractivity (Wildman–Crippen MR) is 191 cm³/mol. The fourth-order valence-electron chi connectivity index (χ4n) is 8.14. The fraction of sp³-hybridized carbons (Fsp3) is 0.375. The number of fused-ring (bicyclic) bond motifs is 4. The van der Waals surface area contributed by atoms with Gasteiger partial charge in [-0.25, -0.2) is 0 Å². The van der Waals surface area contributed by atoms with E-state index in [1.165, 1.54) is 65.1 Å². The number of benzene rings is 4. The van der Waals surface area contributed by atoms with Gasteiger partial charge in [0.05, 0.1) is 23.1 Å². The van der Waals surface area contributed by atoms with Gasteiger partial charge in [0.25, 0.3) is 0 Å². The van der Waals surface area contributed by atoms with E-state index in [1.54, 1.807) is 0 Å². The molecule has 3 heterocycles. The van der Waals surface area contributed by atoms with Crippen molar-refractivity contribution in [2.24, 2.45) is 5.41 Å². The van der Waals surface area contributed by atoms with E-state index < -0.39 is 0 Å². The Bertz CT molecular complexity index is 1630. The highest BCUT2D eigenvalue weighted by atomic mass is 32.2. The van der Waals surface area contributed by atoms with Crippen molar-refractivity contribution in [2.45, 2.75) is 112 Å². The average molecular weight is 618 g/mol. The third-order valence-electron chi connectivity index (χ3n) is 10.2. The molecule has 0 aliphatic carbocycles. The minimum Gasteiger partial charge on any atom is -0.353 e. The summed E-state index contributed by atoms with van der Waals surface area (Å²) >= 11 is 3.88. The van der Waals surface area contributed by atoms with Crippen molar-refractivity contribution in [3.8, 4) is 0 Å². The molecule has 1 fully saturated rings. The Labute approximate surface area is 273 Å². The number of hydrogen-bond acceptors (Lipinski definition) is 4. The van der Waals surface area contributed by atoms with Crippen molar-refractivity contribution in [1.29, 1.82) is 0 Å². The summed E-state index contributed by atoms with van der Waals surface area (Å²) in [6.45, 7) is 19.2. The van der Waals surface area contributed by atoms with Crippen molar-refractivity contribution < 1.29 is 0 Å². The van der Waals surface area contributed by atoms with Gasteiger partial charge >= 0.3 is 0 Å². The van der Waals surface area contributed by atoms with E-state index in [-0.39, 0.29) is 11.0 Å². The van der Waals surface area contributed by atoms with E-state index in [4.69, 9.17) is 0 Å². The standard InChI is InChI=1S/C40H45N2S2/c1-9-40(10-2)24-39(7,8)42(36-28(25(3)4)16-15-17-29(36)26(5)6)38(40)27-22-34-37-35(23-27)44-33-21-14-12-19-31(33)41(37)30-18-11-13-20-32(30)43-34/h11-23,25-26H,9-10,24H2,1-8H3. The first kappa shape index (κ1) is 29.9. The SMILES string of the molecule is CCC1(CC)CC(C)(C)N(c2c(C(C)C)cccc2C(C)C)[C]1c1cc2c3c(c1)Sc1ccccc1N3c1ccccc1S2. The zero-order chi connectivity index (χ0) is 31.0. The smallest absolute Gasteiger partial charge is 0.0995 e. The van der Waals surface area contributed by atoms with Crippen LogP contribution in [0.3, 0.4) is 0 Å². The van der Waals surface area contributed by atoms with E-state index >= 15 is 0 Å². The van der Waals surface area contributed by atoms with E-state index in [9.17, 15) is 0 Å². The Kier molecular flexibility index (Phi) is 7.41. The van der Waals surface area contributed by atoms with E-state index in [1.807, 2.05) is 23.5 Å². The Morgan fingerprint density at radius 1 is 0.659 bits per heavy atom. The van der Waals surface area contributed by atoms with Crippen molar-refractivity contribution in [1.82, 2.24) is 0 Å². The van der Waals surface area contributed by atoms with Crippen molar-refractivity contribution >= 4 is 46.3 Å². The molecule has 227 valence electrons. The van der Waals surface area contributed by atoms with Gasteiger partial charge in [0.15, 0.2) is 0 Å². The Morgan fingerprint density at radius 3 is 1.64 bits per heavy atom. The topological polar surface area (TPSA) is 6.48 Å². The largest absolute Gasteiger partial charge is 0.353 e. The van der Waals surface area contributed by atoms with Crippen LogP contribution in [-0.2, 0) is 0 Å². The fourth-order valence-corrected chi connectivity index (χ4v) is 10.5. The molecule has 0 saturated carbocycles. The van der Waals surface area contributed by atoms with E-state index in [0.29, 0.717) is 11.8 Å². The summed E-state index contributed by atoms with van der Waals surface area (Å²) in [7, 11) is 0. The Hall–Kier alpha value is -2.82. The number of nitrogens with zero attached hydrogens (tertiary/aromatic N) is 2. The monoisotopic (exact) mass is 617 g/mol. The molecule has 3 aliphatic rings. The lowest BCUT2D eigenvalue weighted by Gasteiger charge is -2.44. The summed E-state index contributed by atoms with van der Waals surface area (Å²) in [4.78, 5) is 10.7.